The van der Waals surface area contributed by atoms with Gasteiger partial charge in [-0.15, -0.1) is 0 Å². The Balaban J connectivity index is 5.63. The molecule has 0 spiro atoms. The molecule has 0 aliphatic heterocycles. The number of carbonyl (C=O) groups is 8. The number of nitrogens with one attached hydrogen (secondary N) is 5. The van der Waals surface area contributed by atoms with E-state index >= 15 is 0 Å². The average Bonchev–Trinajstić information content (AvgIpc) is 3.34. The minimum absolute atomic E-state index is 0.00108. The standard InChI is InChI=1S/C49H97N13O8/c1-3-4-5-6-7-20-29-55-42(63)38-60(47(68)22-13-9-17-26-51)35-31-57-44(65)40-62(49(70)24-15-11-19-28-53)37-33-58-45(66)41-61(48(69)23-14-10-18-27-52)36-32-56-43(64)39-59(34-30-54-2)46(67)21-12-8-16-25-50/h54H,3-41,50-53H2,1-2H3,(H,55,63)(H,56,64)(H,57,65)(H,58,66). The van der Waals surface area contributed by atoms with Gasteiger partial charge in [0.1, 0.15) is 0 Å². The molecule has 21 heteroatoms. The monoisotopic (exact) mass is 996 g/mol. The van der Waals surface area contributed by atoms with E-state index in [0.717, 1.165) is 77.0 Å². The minimum Gasteiger partial charge on any atom is -0.355 e. The zero-order valence-corrected chi connectivity index (χ0v) is 43.4. The Bertz CT molecular complexity index is 1440. The normalized spacial score (nSPS) is 10.9. The highest BCUT2D eigenvalue weighted by Crippen LogP contribution is 2.08. The van der Waals surface area contributed by atoms with Gasteiger partial charge in [-0.25, -0.2) is 0 Å². The van der Waals surface area contributed by atoms with Crippen molar-refractivity contribution in [3.63, 3.8) is 0 Å². The molecule has 0 aromatic heterocycles. The fourth-order valence-corrected chi connectivity index (χ4v) is 7.48. The molecule has 0 aliphatic rings. The Morgan fingerprint density at radius 3 is 0.871 bits per heavy atom. The van der Waals surface area contributed by atoms with Crippen LogP contribution in [0.1, 0.15) is 148 Å². The van der Waals surface area contributed by atoms with E-state index in [1.54, 1.807) is 7.05 Å². The van der Waals surface area contributed by atoms with Crippen LogP contribution in [0, 0.1) is 0 Å². The van der Waals surface area contributed by atoms with Crippen LogP contribution in [0.3, 0.4) is 0 Å². The van der Waals surface area contributed by atoms with Gasteiger partial charge >= 0.3 is 0 Å². The van der Waals surface area contributed by atoms with Crippen molar-refractivity contribution in [3.05, 3.63) is 0 Å². The second kappa shape index (κ2) is 45.7. The minimum atomic E-state index is -0.483. The third-order valence-electron chi connectivity index (χ3n) is 11.7. The summed E-state index contributed by atoms with van der Waals surface area (Å²) in [6, 6.07) is 0. The predicted molar refractivity (Wildman–Crippen MR) is 276 cm³/mol. The molecule has 406 valence electrons. The van der Waals surface area contributed by atoms with Crippen LogP contribution in [0.2, 0.25) is 0 Å². The summed E-state index contributed by atoms with van der Waals surface area (Å²) >= 11 is 0. The second-order valence-corrected chi connectivity index (χ2v) is 17.9. The van der Waals surface area contributed by atoms with E-state index in [0.29, 0.717) is 77.9 Å². The molecule has 0 unspecified atom stereocenters. The van der Waals surface area contributed by atoms with Crippen LogP contribution in [0.25, 0.3) is 0 Å². The molecule has 21 nitrogen and oxygen atoms in total. The van der Waals surface area contributed by atoms with Crippen molar-refractivity contribution in [2.24, 2.45) is 22.9 Å². The Kier molecular flexibility index (Phi) is 42.8. The first-order valence-corrected chi connectivity index (χ1v) is 26.5. The highest BCUT2D eigenvalue weighted by molar-refractivity contribution is 5.87. The lowest BCUT2D eigenvalue weighted by Gasteiger charge is -2.25. The Morgan fingerprint density at radius 1 is 0.329 bits per heavy atom. The van der Waals surface area contributed by atoms with Crippen molar-refractivity contribution >= 4 is 47.3 Å². The van der Waals surface area contributed by atoms with Crippen LogP contribution in [0.4, 0.5) is 0 Å². The number of nitrogens with zero attached hydrogens (tertiary/aromatic N) is 4. The third kappa shape index (κ3) is 36.5. The van der Waals surface area contributed by atoms with E-state index < -0.39 is 11.8 Å². The molecule has 0 fully saturated rings. The molecule has 0 rings (SSSR count). The maximum absolute atomic E-state index is 13.4. The molecule has 0 bridgehead atoms. The van der Waals surface area contributed by atoms with Crippen LogP contribution in [-0.2, 0) is 38.4 Å². The molecule has 0 saturated carbocycles. The number of hydrogen-bond acceptors (Lipinski definition) is 13. The van der Waals surface area contributed by atoms with E-state index in [1.807, 2.05) is 0 Å². The van der Waals surface area contributed by atoms with Crippen molar-refractivity contribution < 1.29 is 38.4 Å². The van der Waals surface area contributed by atoms with Gasteiger partial charge in [0.05, 0.1) is 26.2 Å². The molecular weight excluding hydrogens is 899 g/mol. The van der Waals surface area contributed by atoms with Gasteiger partial charge in [-0.1, -0.05) is 64.7 Å². The van der Waals surface area contributed by atoms with Gasteiger partial charge in [-0.3, -0.25) is 38.4 Å². The molecule has 0 heterocycles. The molecule has 0 aromatic rings. The van der Waals surface area contributed by atoms with Crippen LogP contribution < -0.4 is 49.5 Å². The number of carbonyl (C=O) groups excluding carboxylic acids is 8. The molecule has 0 atom stereocenters. The van der Waals surface area contributed by atoms with E-state index in [2.05, 4.69) is 33.5 Å². The number of unbranched alkanes of at least 4 members (excludes halogenated alkanes) is 13. The summed E-state index contributed by atoms with van der Waals surface area (Å²) in [7, 11) is 1.77. The van der Waals surface area contributed by atoms with Gasteiger partial charge in [0.2, 0.25) is 47.3 Å². The van der Waals surface area contributed by atoms with Crippen LogP contribution in [0.15, 0.2) is 0 Å². The summed E-state index contributed by atoms with van der Waals surface area (Å²) in [4.78, 5) is 111. The third-order valence-corrected chi connectivity index (χ3v) is 11.7. The summed E-state index contributed by atoms with van der Waals surface area (Å²) in [6.45, 7) is 5.05. The zero-order valence-electron chi connectivity index (χ0n) is 43.4. The summed E-state index contributed by atoms with van der Waals surface area (Å²) in [6.07, 6.45) is 16.1. The largest absolute Gasteiger partial charge is 0.355 e. The van der Waals surface area contributed by atoms with Crippen molar-refractivity contribution in [3.8, 4) is 0 Å². The van der Waals surface area contributed by atoms with Crippen molar-refractivity contribution in [2.45, 2.75) is 148 Å². The number of amides is 8. The lowest BCUT2D eigenvalue weighted by molar-refractivity contribution is -0.137. The van der Waals surface area contributed by atoms with E-state index in [-0.39, 0.29) is 120 Å². The predicted octanol–water partition coefficient (Wildman–Crippen LogP) is 0.422. The van der Waals surface area contributed by atoms with Crippen LogP contribution >= 0.6 is 0 Å². The van der Waals surface area contributed by atoms with Crippen LogP contribution in [-0.4, -0.2) is 185 Å². The smallest absolute Gasteiger partial charge is 0.239 e. The Hall–Kier alpha value is -4.44. The molecule has 0 aliphatic carbocycles. The summed E-state index contributed by atoms with van der Waals surface area (Å²) in [5.41, 5.74) is 22.5. The average molecular weight is 996 g/mol. The first kappa shape index (κ1) is 65.6. The summed E-state index contributed by atoms with van der Waals surface area (Å²) < 4.78 is 0. The SMILES string of the molecule is CCCCCCCCNC(=O)CN(CCNC(=O)CN(CCNC(=O)CN(CCNC(=O)CN(CCNC)C(=O)CCCCCN)C(=O)CCCCCN)C(=O)CCCCCN)C(=O)CCCCCN. The quantitative estimate of drug-likeness (QED) is 0.0374. The molecule has 0 aromatic carbocycles. The van der Waals surface area contributed by atoms with Crippen molar-refractivity contribution in [1.82, 2.24) is 46.2 Å². The van der Waals surface area contributed by atoms with Crippen molar-refractivity contribution in [1.29, 1.82) is 0 Å². The fraction of sp³-hybridized carbons (Fsp3) is 0.837. The summed E-state index contributed by atoms with van der Waals surface area (Å²) in [5.74, 6) is -2.46. The first-order valence-electron chi connectivity index (χ1n) is 26.5. The van der Waals surface area contributed by atoms with Crippen molar-refractivity contribution in [2.75, 3.05) is 118 Å². The lowest BCUT2D eigenvalue weighted by atomic mass is 10.1. The first-order chi connectivity index (χ1) is 33.9. The summed E-state index contributed by atoms with van der Waals surface area (Å²) in [5, 5.41) is 14.3. The maximum atomic E-state index is 13.4. The fourth-order valence-electron chi connectivity index (χ4n) is 7.48. The van der Waals surface area contributed by atoms with E-state index in [9.17, 15) is 38.4 Å². The Labute approximate surface area is 420 Å². The maximum Gasteiger partial charge on any atom is 0.239 e. The molecule has 13 N–H and O–H groups in total. The van der Waals surface area contributed by atoms with E-state index in [4.69, 9.17) is 22.9 Å². The number of rotatable bonds is 47. The topological polar surface area (TPSA) is 314 Å². The van der Waals surface area contributed by atoms with Gasteiger partial charge in [0, 0.05) is 84.6 Å². The van der Waals surface area contributed by atoms with Gasteiger partial charge in [0.15, 0.2) is 0 Å². The van der Waals surface area contributed by atoms with Crippen LogP contribution in [0.5, 0.6) is 0 Å². The molecule has 0 saturated heterocycles. The highest BCUT2D eigenvalue weighted by atomic mass is 16.2. The number of likely N-dealkylation sites (N-methyl/N-ethyl adjacent to an activating group) is 1. The second-order valence-electron chi connectivity index (χ2n) is 17.9. The number of hydrogen-bond donors (Lipinski definition) is 9. The molecule has 8 amide bonds. The number of nitrogens with two attached hydrogens (primary N) is 4. The molecular formula is C49H97N13O8. The Morgan fingerprint density at radius 2 is 0.586 bits per heavy atom. The van der Waals surface area contributed by atoms with Gasteiger partial charge in [-0.05, 0) is 91.0 Å². The van der Waals surface area contributed by atoms with Gasteiger partial charge < -0.3 is 69.1 Å². The van der Waals surface area contributed by atoms with Gasteiger partial charge in [-0.2, -0.15) is 0 Å². The molecule has 70 heavy (non-hydrogen) atoms. The molecule has 0 radical (unpaired) electrons. The lowest BCUT2D eigenvalue weighted by Crippen LogP contribution is -2.48. The zero-order chi connectivity index (χ0) is 52.0. The van der Waals surface area contributed by atoms with E-state index in [1.165, 1.54) is 32.4 Å². The highest BCUT2D eigenvalue weighted by Gasteiger charge is 2.22. The van der Waals surface area contributed by atoms with Gasteiger partial charge in [0.25, 0.3) is 0 Å².